The van der Waals surface area contributed by atoms with Gasteiger partial charge in [-0.2, -0.15) is 0 Å². The molecule has 42 heavy (non-hydrogen) atoms. The maximum atomic E-state index is 14.7. The molecule has 1 N–H and O–H groups in total. The molecular formula is C33H38ClN3O4S. The van der Waals surface area contributed by atoms with Crippen molar-refractivity contribution < 1.29 is 19.5 Å². The fraction of sp³-hybridized carbons (Fsp3) is 0.424. The molecule has 0 radical (unpaired) electrons. The Balaban J connectivity index is 1.62. The van der Waals surface area contributed by atoms with Crippen molar-refractivity contribution in [3.63, 3.8) is 0 Å². The van der Waals surface area contributed by atoms with E-state index >= 15 is 0 Å². The predicted octanol–water partition coefficient (Wildman–Crippen LogP) is 5.33. The average Bonchev–Trinajstić information content (AvgIpc) is 3.56. The first-order chi connectivity index (χ1) is 20.2. The van der Waals surface area contributed by atoms with Crippen molar-refractivity contribution in [1.29, 1.82) is 0 Å². The Morgan fingerprint density at radius 2 is 1.64 bits per heavy atom. The van der Waals surface area contributed by atoms with E-state index in [-0.39, 0.29) is 30.9 Å². The summed E-state index contributed by atoms with van der Waals surface area (Å²) in [6.07, 6.45) is 5.15. The number of fused-ring (bicyclic) bond motifs is 1. The standard InChI is InChI=1S/C33H38ClN3O4S/c1-5-19-35(24-11-9-8-10-12-24)29(39)26-27-30(40)37(23(7-3)21-38)28(33(27)18-17-32(26,4)42-33)31(41)36(20-6-2)25-15-13-22(34)14-16-25/h5-6,8-16,23,26-28,38H,1-2,7,17-21H2,3-4H3/t23-,26-,27-,28?,32+,33?/m0/s1. The largest absolute Gasteiger partial charge is 0.394 e. The number of carbonyl (C=O) groups excluding carboxylic acids is 3. The van der Waals surface area contributed by atoms with Crippen LogP contribution in [0.15, 0.2) is 79.9 Å². The molecule has 7 nitrogen and oxygen atoms in total. The lowest BCUT2D eigenvalue weighted by molar-refractivity contribution is -0.142. The first kappa shape index (κ1) is 30.4. The molecule has 0 aliphatic carbocycles. The minimum atomic E-state index is -0.850. The Bertz CT molecular complexity index is 1370. The summed E-state index contributed by atoms with van der Waals surface area (Å²) in [5, 5.41) is 11.0. The molecule has 3 heterocycles. The van der Waals surface area contributed by atoms with Gasteiger partial charge in [-0.25, -0.2) is 0 Å². The summed E-state index contributed by atoms with van der Waals surface area (Å²) in [7, 11) is 0. The van der Waals surface area contributed by atoms with E-state index in [1.54, 1.807) is 62.9 Å². The van der Waals surface area contributed by atoms with Crippen LogP contribution in [0.4, 0.5) is 11.4 Å². The van der Waals surface area contributed by atoms with Crippen LogP contribution in [0.3, 0.4) is 0 Å². The van der Waals surface area contributed by atoms with Crippen LogP contribution in [0.25, 0.3) is 0 Å². The molecule has 2 bridgehead atoms. The molecular weight excluding hydrogens is 570 g/mol. The number of benzene rings is 2. The summed E-state index contributed by atoms with van der Waals surface area (Å²) in [6.45, 7) is 12.0. The van der Waals surface area contributed by atoms with Crippen molar-refractivity contribution in [3.8, 4) is 0 Å². The zero-order chi connectivity index (χ0) is 30.2. The fourth-order valence-corrected chi connectivity index (χ4v) is 9.73. The molecule has 3 aliphatic rings. The van der Waals surface area contributed by atoms with Gasteiger partial charge in [0, 0.05) is 34.2 Å². The highest BCUT2D eigenvalue weighted by atomic mass is 35.5. The maximum absolute atomic E-state index is 14.7. The number of anilines is 2. The fourth-order valence-electron chi connectivity index (χ4n) is 7.27. The van der Waals surface area contributed by atoms with Crippen molar-refractivity contribution in [2.45, 2.75) is 54.7 Å². The molecule has 1 spiro atoms. The van der Waals surface area contributed by atoms with E-state index < -0.39 is 33.4 Å². The molecule has 3 saturated heterocycles. The van der Waals surface area contributed by atoms with Gasteiger partial charge in [-0.3, -0.25) is 14.4 Å². The Morgan fingerprint density at radius 3 is 2.21 bits per heavy atom. The van der Waals surface area contributed by atoms with Crippen LogP contribution in [0, 0.1) is 11.8 Å². The monoisotopic (exact) mass is 607 g/mol. The number of aliphatic hydroxyl groups is 1. The third-order valence-corrected chi connectivity index (χ3v) is 11.4. The third-order valence-electron chi connectivity index (χ3n) is 9.15. The van der Waals surface area contributed by atoms with E-state index in [2.05, 4.69) is 20.1 Å². The second-order valence-electron chi connectivity index (χ2n) is 11.5. The number of amides is 3. The highest BCUT2D eigenvalue weighted by molar-refractivity contribution is 8.02. The van der Waals surface area contributed by atoms with Crippen LogP contribution in [0.2, 0.25) is 5.02 Å². The molecule has 3 fully saturated rings. The minimum absolute atomic E-state index is 0.137. The van der Waals surface area contributed by atoms with Gasteiger partial charge in [0.15, 0.2) is 0 Å². The van der Waals surface area contributed by atoms with Gasteiger partial charge in [0.25, 0.3) is 5.91 Å². The Morgan fingerprint density at radius 1 is 1.05 bits per heavy atom. The SMILES string of the molecule is C=CCN(C(=O)C1N([C@@H](CC)CO)C(=O)[C@@H]2[C@@H](C(=O)N(CC=C)c3ccccc3)[C@@]3(C)CCC12S3)c1ccc(Cl)cc1. The van der Waals surface area contributed by atoms with E-state index in [1.165, 1.54) is 0 Å². The molecule has 9 heteroatoms. The van der Waals surface area contributed by atoms with Gasteiger partial charge < -0.3 is 19.8 Å². The molecule has 2 unspecified atom stereocenters. The van der Waals surface area contributed by atoms with Crippen LogP contribution in [0.1, 0.15) is 33.1 Å². The average molecular weight is 608 g/mol. The number of hydrogen-bond acceptors (Lipinski definition) is 5. The summed E-state index contributed by atoms with van der Waals surface area (Å²) < 4.78 is -1.34. The number of para-hydroxylation sites is 1. The zero-order valence-electron chi connectivity index (χ0n) is 24.1. The number of nitrogens with zero attached hydrogens (tertiary/aromatic N) is 3. The minimum Gasteiger partial charge on any atom is -0.394 e. The topological polar surface area (TPSA) is 81.2 Å². The summed E-state index contributed by atoms with van der Waals surface area (Å²) in [4.78, 5) is 48.8. The molecule has 222 valence electrons. The van der Waals surface area contributed by atoms with Gasteiger partial charge in [-0.15, -0.1) is 24.9 Å². The van der Waals surface area contributed by atoms with E-state index in [1.807, 2.05) is 37.3 Å². The van der Waals surface area contributed by atoms with E-state index in [0.717, 1.165) is 5.69 Å². The third kappa shape index (κ3) is 4.77. The lowest BCUT2D eigenvalue weighted by Gasteiger charge is -2.39. The van der Waals surface area contributed by atoms with Gasteiger partial charge in [-0.05, 0) is 62.6 Å². The molecule has 5 rings (SSSR count). The summed E-state index contributed by atoms with van der Waals surface area (Å²) in [6, 6.07) is 15.0. The van der Waals surface area contributed by atoms with Crippen molar-refractivity contribution in [3.05, 3.63) is 84.9 Å². The molecule has 2 aromatic carbocycles. The van der Waals surface area contributed by atoms with Crippen LogP contribution in [0.5, 0.6) is 0 Å². The Labute approximate surface area is 257 Å². The van der Waals surface area contributed by atoms with Crippen LogP contribution in [-0.2, 0) is 14.4 Å². The summed E-state index contributed by atoms with van der Waals surface area (Å²) in [5.74, 6) is -1.94. The number of thioether (sulfide) groups is 1. The number of halogens is 1. The number of aliphatic hydroxyl groups excluding tert-OH is 1. The number of likely N-dealkylation sites (tertiary alicyclic amines) is 1. The summed E-state index contributed by atoms with van der Waals surface area (Å²) >= 11 is 7.77. The Kier molecular flexibility index (Phi) is 8.61. The van der Waals surface area contributed by atoms with Crippen molar-refractivity contribution in [1.82, 2.24) is 4.90 Å². The van der Waals surface area contributed by atoms with Crippen molar-refractivity contribution >= 4 is 52.5 Å². The smallest absolute Gasteiger partial charge is 0.251 e. The highest BCUT2D eigenvalue weighted by Gasteiger charge is 2.78. The van der Waals surface area contributed by atoms with Gasteiger partial charge in [0.1, 0.15) is 6.04 Å². The number of hydrogen-bond donors (Lipinski definition) is 1. The first-order valence-electron chi connectivity index (χ1n) is 14.5. The number of rotatable bonds is 11. The van der Waals surface area contributed by atoms with Gasteiger partial charge in [0.2, 0.25) is 11.8 Å². The second kappa shape index (κ2) is 11.9. The van der Waals surface area contributed by atoms with Crippen molar-refractivity contribution in [2.75, 3.05) is 29.5 Å². The van der Waals surface area contributed by atoms with Gasteiger partial charge in [-0.1, -0.05) is 48.9 Å². The predicted molar refractivity (Wildman–Crippen MR) is 170 cm³/mol. The maximum Gasteiger partial charge on any atom is 0.251 e. The van der Waals surface area contributed by atoms with Gasteiger partial charge >= 0.3 is 0 Å². The molecule has 3 aliphatic heterocycles. The quantitative estimate of drug-likeness (QED) is 0.349. The molecule has 0 saturated carbocycles. The van der Waals surface area contributed by atoms with Gasteiger partial charge in [0.05, 0.1) is 29.2 Å². The van der Waals surface area contributed by atoms with Crippen molar-refractivity contribution in [2.24, 2.45) is 11.8 Å². The molecule has 6 atom stereocenters. The zero-order valence-corrected chi connectivity index (χ0v) is 25.7. The van der Waals surface area contributed by atoms with Crippen LogP contribution in [-0.4, -0.2) is 69.0 Å². The highest BCUT2D eigenvalue weighted by Crippen LogP contribution is 2.72. The van der Waals surface area contributed by atoms with Crippen LogP contribution >= 0.6 is 23.4 Å². The lowest BCUT2D eigenvalue weighted by Crippen LogP contribution is -2.57. The normalized spacial score (nSPS) is 28.3. The number of carbonyl (C=O) groups is 3. The lowest BCUT2D eigenvalue weighted by atomic mass is 9.66. The molecule has 3 amide bonds. The Hall–Kier alpha value is -3.07. The van der Waals surface area contributed by atoms with E-state index in [4.69, 9.17) is 11.6 Å². The second-order valence-corrected chi connectivity index (χ2v) is 13.8. The first-order valence-corrected chi connectivity index (χ1v) is 15.6. The molecule has 0 aromatic heterocycles. The van der Waals surface area contributed by atoms with E-state index in [9.17, 15) is 19.5 Å². The van der Waals surface area contributed by atoms with E-state index in [0.29, 0.717) is 36.5 Å². The van der Waals surface area contributed by atoms with Crippen LogP contribution < -0.4 is 9.80 Å². The molecule has 2 aromatic rings. The summed E-state index contributed by atoms with van der Waals surface area (Å²) in [5.41, 5.74) is 1.38.